The van der Waals surface area contributed by atoms with Crippen LogP contribution in [-0.4, -0.2) is 90.7 Å². The molecule has 0 unspecified atom stereocenters. The predicted molar refractivity (Wildman–Crippen MR) is 250 cm³/mol. The molecule has 7 rings (SSSR count). The molecular weight excluding hydrogens is 773 g/mol. The number of allylic oxidation sites excluding steroid dienone is 4. The Morgan fingerprint density at radius 2 is 0.742 bits per heavy atom. The first kappa shape index (κ1) is 48.0. The van der Waals surface area contributed by atoms with E-state index in [9.17, 15) is 9.59 Å². The smallest absolute Gasteiger partial charge is 0.466 e. The highest BCUT2D eigenvalue weighted by molar-refractivity contribution is 5.65. The SMILES string of the molecule is COC1CCC(N(C2CCCCC2)C2CCC(/C=C/C3CCC(/C=C/C4CCC(N(C5CCCCC5)C5CCC(OC(=O)OCCCCOC(C)=O)CC5)CC4)CC3)CC2)CC1. The Bertz CT molecular complexity index is 1330. The summed E-state index contributed by atoms with van der Waals surface area (Å²) in [5.74, 6) is 2.84. The van der Waals surface area contributed by atoms with Gasteiger partial charge in [0.2, 0.25) is 0 Å². The molecule has 0 amide bonds. The summed E-state index contributed by atoms with van der Waals surface area (Å²) in [7, 11) is 1.92. The zero-order valence-corrected chi connectivity index (χ0v) is 39.6. The highest BCUT2D eigenvalue weighted by Crippen LogP contribution is 2.41. The number of nitrogens with zero attached hydrogens (tertiary/aromatic N) is 2. The van der Waals surface area contributed by atoms with Crippen molar-refractivity contribution >= 4 is 12.1 Å². The number of esters is 1. The van der Waals surface area contributed by atoms with Gasteiger partial charge in [-0.2, -0.15) is 0 Å². The molecule has 0 saturated heterocycles. The van der Waals surface area contributed by atoms with Crippen molar-refractivity contribution in [3.8, 4) is 0 Å². The molecule has 0 aromatic heterocycles. The van der Waals surface area contributed by atoms with Crippen LogP contribution in [0.25, 0.3) is 0 Å². The number of methoxy groups -OCH3 is 1. The lowest BCUT2D eigenvalue weighted by atomic mass is 9.78. The molecule has 7 aliphatic rings. The fourth-order valence-corrected chi connectivity index (χ4v) is 13.7. The minimum atomic E-state index is -0.545. The zero-order chi connectivity index (χ0) is 42.9. The van der Waals surface area contributed by atoms with E-state index in [0.717, 1.165) is 73.5 Å². The molecular formula is C54H90N2O6. The maximum atomic E-state index is 12.4. The number of carbonyl (C=O) groups is 2. The maximum absolute atomic E-state index is 12.4. The Balaban J connectivity index is 0.794. The third kappa shape index (κ3) is 14.8. The van der Waals surface area contributed by atoms with Crippen LogP contribution in [-0.2, 0) is 23.7 Å². The second-order valence-corrected chi connectivity index (χ2v) is 21.4. The van der Waals surface area contributed by atoms with E-state index in [0.29, 0.717) is 44.2 Å². The molecule has 7 aliphatic carbocycles. The van der Waals surface area contributed by atoms with E-state index >= 15 is 0 Å². The van der Waals surface area contributed by atoms with Gasteiger partial charge in [-0.3, -0.25) is 14.6 Å². The molecule has 0 N–H and O–H groups in total. The summed E-state index contributed by atoms with van der Waals surface area (Å²) in [6.07, 6.45) is 51.7. The first-order chi connectivity index (χ1) is 30.4. The lowest BCUT2D eigenvalue weighted by molar-refractivity contribution is -0.141. The fraction of sp³-hybridized carbons (Fsp3) is 0.889. The van der Waals surface area contributed by atoms with E-state index in [1.165, 1.54) is 174 Å². The molecule has 0 atom stereocenters. The van der Waals surface area contributed by atoms with Crippen LogP contribution in [0.4, 0.5) is 4.79 Å². The lowest BCUT2D eigenvalue weighted by Crippen LogP contribution is -2.52. The Morgan fingerprint density at radius 3 is 1.11 bits per heavy atom. The topological polar surface area (TPSA) is 77.5 Å². The van der Waals surface area contributed by atoms with Gasteiger partial charge in [-0.25, -0.2) is 4.79 Å². The van der Waals surface area contributed by atoms with Gasteiger partial charge < -0.3 is 18.9 Å². The standard InChI is InChI=1S/C54H90N2O6/c1-41(57)60-39-9-10-40-61-54(58)62-53-37-33-51(34-38-53)56(47-13-7-4-8-14-47)49-29-25-45(26-30-49)22-20-43-17-15-42(16-18-43)19-21-44-23-27-48(28-24-44)55(46-11-5-3-6-12-46)50-31-35-52(59-2)36-32-50/h19-22,42-53H,3-18,23-40H2,1-2H3/b21-19+,22-20+. The molecule has 7 fully saturated rings. The second-order valence-electron chi connectivity index (χ2n) is 21.4. The Labute approximate surface area is 378 Å². The van der Waals surface area contributed by atoms with Crippen LogP contribution in [0.3, 0.4) is 0 Å². The normalized spacial score (nSPS) is 34.8. The maximum Gasteiger partial charge on any atom is 0.508 e. The van der Waals surface area contributed by atoms with Crippen molar-refractivity contribution in [1.82, 2.24) is 9.80 Å². The second kappa shape index (κ2) is 25.7. The summed E-state index contributed by atoms with van der Waals surface area (Å²) >= 11 is 0. The number of carbonyl (C=O) groups excluding carboxylic acids is 2. The largest absolute Gasteiger partial charge is 0.508 e. The number of ether oxygens (including phenoxy) is 4. The molecule has 0 bridgehead atoms. The average molecular weight is 863 g/mol. The summed E-state index contributed by atoms with van der Waals surface area (Å²) in [6.45, 7) is 2.08. The summed E-state index contributed by atoms with van der Waals surface area (Å²) in [5, 5.41) is 0. The van der Waals surface area contributed by atoms with Gasteiger partial charge in [0.1, 0.15) is 6.10 Å². The molecule has 0 heterocycles. The highest BCUT2D eigenvalue weighted by Gasteiger charge is 2.39. The fourth-order valence-electron chi connectivity index (χ4n) is 13.7. The van der Waals surface area contributed by atoms with Crippen LogP contribution in [0.1, 0.15) is 212 Å². The summed E-state index contributed by atoms with van der Waals surface area (Å²) in [5.41, 5.74) is 0. The Morgan fingerprint density at radius 1 is 0.419 bits per heavy atom. The summed E-state index contributed by atoms with van der Waals surface area (Å²) < 4.78 is 21.8. The van der Waals surface area contributed by atoms with Gasteiger partial charge in [0.05, 0.1) is 19.3 Å². The zero-order valence-electron chi connectivity index (χ0n) is 39.6. The van der Waals surface area contributed by atoms with Crippen molar-refractivity contribution in [2.24, 2.45) is 23.7 Å². The Kier molecular flexibility index (Phi) is 19.9. The van der Waals surface area contributed by atoms with Crippen LogP contribution in [0, 0.1) is 23.7 Å². The molecule has 352 valence electrons. The minimum absolute atomic E-state index is 0.0380. The number of hydrogen-bond acceptors (Lipinski definition) is 8. The van der Waals surface area contributed by atoms with Crippen molar-refractivity contribution in [1.29, 1.82) is 0 Å². The first-order valence-corrected chi connectivity index (χ1v) is 26.8. The van der Waals surface area contributed by atoms with Gasteiger partial charge in [-0.05, 0) is 191 Å². The predicted octanol–water partition coefficient (Wildman–Crippen LogP) is 13.1. The van der Waals surface area contributed by atoms with Gasteiger partial charge in [0.25, 0.3) is 0 Å². The number of hydrogen-bond donors (Lipinski definition) is 0. The molecule has 62 heavy (non-hydrogen) atoms. The van der Waals surface area contributed by atoms with Gasteiger partial charge in [-0.1, -0.05) is 62.8 Å². The van der Waals surface area contributed by atoms with Gasteiger partial charge >= 0.3 is 12.1 Å². The van der Waals surface area contributed by atoms with E-state index < -0.39 is 6.16 Å². The number of rotatable bonds is 17. The monoisotopic (exact) mass is 863 g/mol. The lowest BCUT2D eigenvalue weighted by Gasteiger charge is -2.48. The van der Waals surface area contributed by atoms with E-state index in [1.54, 1.807) is 0 Å². The molecule has 0 aromatic rings. The average Bonchev–Trinajstić information content (AvgIpc) is 3.31. The first-order valence-electron chi connectivity index (χ1n) is 26.8. The molecule has 0 aliphatic heterocycles. The minimum Gasteiger partial charge on any atom is -0.466 e. The van der Waals surface area contributed by atoms with Crippen molar-refractivity contribution < 1.29 is 28.5 Å². The van der Waals surface area contributed by atoms with Crippen LogP contribution < -0.4 is 0 Å². The molecule has 0 spiro atoms. The third-order valence-electron chi connectivity index (χ3n) is 17.2. The molecule has 7 saturated carbocycles. The van der Waals surface area contributed by atoms with E-state index in [-0.39, 0.29) is 12.1 Å². The van der Waals surface area contributed by atoms with Crippen molar-refractivity contribution in [2.75, 3.05) is 20.3 Å². The summed E-state index contributed by atoms with van der Waals surface area (Å²) in [4.78, 5) is 29.4. The van der Waals surface area contributed by atoms with E-state index in [1.807, 2.05) is 7.11 Å². The van der Waals surface area contributed by atoms with Crippen LogP contribution in [0.15, 0.2) is 24.3 Å². The van der Waals surface area contributed by atoms with Gasteiger partial charge in [-0.15, -0.1) is 0 Å². The Hall–Kier alpha value is -1.90. The van der Waals surface area contributed by atoms with E-state index in [2.05, 4.69) is 34.1 Å². The molecule has 0 aromatic carbocycles. The van der Waals surface area contributed by atoms with Crippen LogP contribution >= 0.6 is 0 Å². The van der Waals surface area contributed by atoms with Crippen LogP contribution in [0.2, 0.25) is 0 Å². The molecule has 8 nitrogen and oxygen atoms in total. The van der Waals surface area contributed by atoms with E-state index in [4.69, 9.17) is 18.9 Å². The third-order valence-corrected chi connectivity index (χ3v) is 17.2. The van der Waals surface area contributed by atoms with Crippen LogP contribution in [0.5, 0.6) is 0 Å². The molecule has 8 heteroatoms. The van der Waals surface area contributed by atoms with Crippen molar-refractivity contribution in [3.63, 3.8) is 0 Å². The highest BCUT2D eigenvalue weighted by atomic mass is 16.7. The quantitative estimate of drug-likeness (QED) is 0.0813. The summed E-state index contributed by atoms with van der Waals surface area (Å²) in [6, 6.07) is 4.50. The van der Waals surface area contributed by atoms with Crippen molar-refractivity contribution in [2.45, 2.75) is 261 Å². The van der Waals surface area contributed by atoms with Crippen molar-refractivity contribution in [3.05, 3.63) is 24.3 Å². The van der Waals surface area contributed by atoms with Gasteiger partial charge in [0.15, 0.2) is 0 Å². The molecule has 0 radical (unpaired) electrons. The number of unbranched alkanes of at least 4 members (excludes halogenated alkanes) is 1. The van der Waals surface area contributed by atoms with Gasteiger partial charge in [0, 0.05) is 50.3 Å².